The molecule has 2 aromatic heterocycles. The summed E-state index contributed by atoms with van der Waals surface area (Å²) in [7, 11) is 0. The molecule has 0 spiro atoms. The van der Waals surface area contributed by atoms with Gasteiger partial charge in [0.2, 0.25) is 0 Å². The van der Waals surface area contributed by atoms with E-state index < -0.39 is 0 Å². The summed E-state index contributed by atoms with van der Waals surface area (Å²) in [5.41, 5.74) is 1.18. The molecule has 0 N–H and O–H groups in total. The Morgan fingerprint density at radius 3 is 2.62 bits per heavy atom. The third-order valence-electron chi connectivity index (χ3n) is 2.00. The Morgan fingerprint density at radius 1 is 1.23 bits per heavy atom. The molecule has 1 nitrogen and oxygen atoms in total. The van der Waals surface area contributed by atoms with Crippen LogP contribution in [0.3, 0.4) is 0 Å². The normalized spacial score (nSPS) is 11.0. The van der Waals surface area contributed by atoms with Crippen LogP contribution in [0.15, 0.2) is 35.1 Å². The fourth-order valence-electron chi connectivity index (χ4n) is 1.22. The minimum absolute atomic E-state index is 0.616. The maximum Gasteiger partial charge on any atom is 0.0989 e. The van der Waals surface area contributed by atoms with E-state index in [1.807, 2.05) is 17.4 Å². The molecular weight excluding hydrogens is 180 g/mol. The number of rotatable bonds is 2. The van der Waals surface area contributed by atoms with Gasteiger partial charge in [0.25, 0.3) is 0 Å². The number of thiophene rings is 1. The maximum atomic E-state index is 5.05. The van der Waals surface area contributed by atoms with E-state index >= 15 is 0 Å². The fourth-order valence-corrected chi connectivity index (χ4v) is 2.22. The van der Waals surface area contributed by atoms with E-state index in [1.54, 1.807) is 12.5 Å². The highest BCUT2D eigenvalue weighted by molar-refractivity contribution is 7.15. The van der Waals surface area contributed by atoms with Gasteiger partial charge in [0.05, 0.1) is 12.5 Å². The lowest BCUT2D eigenvalue weighted by Crippen LogP contribution is -1.77. The SMILES string of the molecule is CC(C)c1ccc(-c2ccoc2)s1. The molecule has 2 heterocycles. The van der Waals surface area contributed by atoms with Gasteiger partial charge in [-0.25, -0.2) is 0 Å². The molecule has 0 unspecified atom stereocenters. The van der Waals surface area contributed by atoms with Crippen molar-refractivity contribution in [2.24, 2.45) is 0 Å². The quantitative estimate of drug-likeness (QED) is 0.697. The zero-order valence-corrected chi connectivity index (χ0v) is 8.60. The lowest BCUT2D eigenvalue weighted by molar-refractivity contribution is 0.568. The highest BCUT2D eigenvalue weighted by Gasteiger charge is 2.05. The predicted molar refractivity (Wildman–Crippen MR) is 56.1 cm³/mol. The third kappa shape index (κ3) is 1.68. The lowest BCUT2D eigenvalue weighted by atomic mass is 10.2. The molecule has 0 aliphatic heterocycles. The summed E-state index contributed by atoms with van der Waals surface area (Å²) in [5, 5.41) is 0. The molecule has 68 valence electrons. The summed E-state index contributed by atoms with van der Waals surface area (Å²) in [5.74, 6) is 0.616. The molecule has 0 aliphatic carbocycles. The van der Waals surface area contributed by atoms with Crippen molar-refractivity contribution in [3.05, 3.63) is 35.6 Å². The summed E-state index contributed by atoms with van der Waals surface area (Å²) >= 11 is 1.84. The van der Waals surface area contributed by atoms with Crippen molar-refractivity contribution < 1.29 is 4.42 Å². The van der Waals surface area contributed by atoms with Crippen LogP contribution in [-0.4, -0.2) is 0 Å². The van der Waals surface area contributed by atoms with Gasteiger partial charge in [-0.05, 0) is 24.1 Å². The minimum atomic E-state index is 0.616. The molecule has 0 amide bonds. The summed E-state index contributed by atoms with van der Waals surface area (Å²) in [6, 6.07) is 6.35. The van der Waals surface area contributed by atoms with Crippen molar-refractivity contribution in [3.63, 3.8) is 0 Å². The first-order valence-electron chi connectivity index (χ1n) is 4.39. The van der Waals surface area contributed by atoms with E-state index in [9.17, 15) is 0 Å². The molecule has 0 aliphatic rings. The average molecular weight is 192 g/mol. The second-order valence-electron chi connectivity index (χ2n) is 3.37. The Kier molecular flexibility index (Phi) is 2.23. The second kappa shape index (κ2) is 3.38. The van der Waals surface area contributed by atoms with Crippen LogP contribution in [0.25, 0.3) is 10.4 Å². The van der Waals surface area contributed by atoms with Crippen LogP contribution in [0.1, 0.15) is 24.6 Å². The van der Waals surface area contributed by atoms with E-state index in [0.29, 0.717) is 5.92 Å². The summed E-state index contributed by atoms with van der Waals surface area (Å²) in [6.07, 6.45) is 3.50. The zero-order chi connectivity index (χ0) is 9.26. The molecule has 0 fully saturated rings. The number of hydrogen-bond donors (Lipinski definition) is 0. The number of furan rings is 1. The maximum absolute atomic E-state index is 5.05. The summed E-state index contributed by atoms with van der Waals surface area (Å²) in [4.78, 5) is 2.72. The first-order valence-corrected chi connectivity index (χ1v) is 5.21. The molecule has 0 saturated heterocycles. The minimum Gasteiger partial charge on any atom is -0.472 e. The van der Waals surface area contributed by atoms with Crippen LogP contribution >= 0.6 is 11.3 Å². The Morgan fingerprint density at radius 2 is 2.08 bits per heavy atom. The van der Waals surface area contributed by atoms with Gasteiger partial charge in [-0.1, -0.05) is 13.8 Å². The highest BCUT2D eigenvalue weighted by Crippen LogP contribution is 2.31. The summed E-state index contributed by atoms with van der Waals surface area (Å²) < 4.78 is 5.05. The van der Waals surface area contributed by atoms with Gasteiger partial charge in [-0.2, -0.15) is 0 Å². The van der Waals surface area contributed by atoms with Gasteiger partial charge in [0.15, 0.2) is 0 Å². The predicted octanol–water partition coefficient (Wildman–Crippen LogP) is 4.13. The Balaban J connectivity index is 2.33. The molecule has 2 aromatic rings. The van der Waals surface area contributed by atoms with Crippen molar-refractivity contribution in [3.8, 4) is 10.4 Å². The first-order chi connectivity index (χ1) is 6.27. The second-order valence-corrected chi connectivity index (χ2v) is 4.48. The van der Waals surface area contributed by atoms with Gasteiger partial charge < -0.3 is 4.42 Å². The Hall–Kier alpha value is -1.02. The van der Waals surface area contributed by atoms with Gasteiger partial charge in [0, 0.05) is 15.3 Å². The van der Waals surface area contributed by atoms with Gasteiger partial charge in [-0.15, -0.1) is 11.3 Å². The number of hydrogen-bond acceptors (Lipinski definition) is 2. The standard InChI is InChI=1S/C11H12OS/c1-8(2)10-3-4-11(13-10)9-5-6-12-7-9/h3-8H,1-2H3. The van der Waals surface area contributed by atoms with Crippen LogP contribution in [0, 0.1) is 0 Å². The summed E-state index contributed by atoms with van der Waals surface area (Å²) in [6.45, 7) is 4.43. The molecule has 2 rings (SSSR count). The van der Waals surface area contributed by atoms with Crippen LogP contribution < -0.4 is 0 Å². The van der Waals surface area contributed by atoms with E-state index in [-0.39, 0.29) is 0 Å². The molecule has 0 bridgehead atoms. The van der Waals surface area contributed by atoms with Gasteiger partial charge in [-0.3, -0.25) is 0 Å². The Labute approximate surface area is 82.0 Å². The topological polar surface area (TPSA) is 13.1 Å². The first kappa shape index (κ1) is 8.57. The van der Waals surface area contributed by atoms with Crippen molar-refractivity contribution in [1.82, 2.24) is 0 Å². The largest absolute Gasteiger partial charge is 0.472 e. The molecule has 13 heavy (non-hydrogen) atoms. The van der Waals surface area contributed by atoms with Crippen LogP contribution in [-0.2, 0) is 0 Å². The van der Waals surface area contributed by atoms with Crippen molar-refractivity contribution in [2.45, 2.75) is 19.8 Å². The molecule has 2 heteroatoms. The van der Waals surface area contributed by atoms with Gasteiger partial charge in [0.1, 0.15) is 0 Å². The van der Waals surface area contributed by atoms with E-state index in [1.165, 1.54) is 15.3 Å². The molecule has 0 saturated carbocycles. The highest BCUT2D eigenvalue weighted by atomic mass is 32.1. The zero-order valence-electron chi connectivity index (χ0n) is 7.78. The average Bonchev–Trinajstić information content (AvgIpc) is 2.75. The van der Waals surface area contributed by atoms with Crippen molar-refractivity contribution in [2.75, 3.05) is 0 Å². The molecular formula is C11H12OS. The molecule has 0 atom stereocenters. The van der Waals surface area contributed by atoms with Crippen molar-refractivity contribution in [1.29, 1.82) is 0 Å². The van der Waals surface area contributed by atoms with Gasteiger partial charge >= 0.3 is 0 Å². The fraction of sp³-hybridized carbons (Fsp3) is 0.273. The van der Waals surface area contributed by atoms with E-state index in [2.05, 4.69) is 26.0 Å². The van der Waals surface area contributed by atoms with E-state index in [4.69, 9.17) is 4.42 Å². The third-order valence-corrected chi connectivity index (χ3v) is 3.44. The lowest BCUT2D eigenvalue weighted by Gasteiger charge is -1.97. The van der Waals surface area contributed by atoms with Crippen LogP contribution in [0.4, 0.5) is 0 Å². The van der Waals surface area contributed by atoms with Crippen molar-refractivity contribution >= 4 is 11.3 Å². The van der Waals surface area contributed by atoms with Crippen LogP contribution in [0.2, 0.25) is 0 Å². The monoisotopic (exact) mass is 192 g/mol. The smallest absolute Gasteiger partial charge is 0.0989 e. The molecule has 0 aromatic carbocycles. The molecule has 0 radical (unpaired) electrons. The van der Waals surface area contributed by atoms with Crippen LogP contribution in [0.5, 0.6) is 0 Å². The Bertz CT molecular complexity index is 370. The van der Waals surface area contributed by atoms with E-state index in [0.717, 1.165) is 0 Å².